The van der Waals surface area contributed by atoms with Gasteiger partial charge in [-0.15, -0.1) is 10.2 Å². The number of hydrogen-bond donors (Lipinski definition) is 1. The number of piperidine rings is 1. The van der Waals surface area contributed by atoms with Gasteiger partial charge in [0.15, 0.2) is 5.82 Å². The Kier molecular flexibility index (Phi) is 6.26. The summed E-state index contributed by atoms with van der Waals surface area (Å²) in [6.07, 6.45) is 1.83. The van der Waals surface area contributed by atoms with Crippen molar-refractivity contribution >= 4 is 39.9 Å². The molecule has 4 aromatic rings. The highest BCUT2D eigenvalue weighted by Gasteiger charge is 2.27. The minimum Gasteiger partial charge on any atom is -0.354 e. The quantitative estimate of drug-likeness (QED) is 0.404. The summed E-state index contributed by atoms with van der Waals surface area (Å²) in [6, 6.07) is 26.5. The van der Waals surface area contributed by atoms with Crippen molar-refractivity contribution in [3.8, 4) is 0 Å². The second-order valence-corrected chi connectivity index (χ2v) is 9.54. The number of nitrogens with zero attached hydrogens (tertiary/aromatic N) is 3. The number of nitrogens with one attached hydrogen (secondary N) is 1. The number of hydrogen-bond acceptors (Lipinski definition) is 5. The largest absolute Gasteiger partial charge is 0.354 e. The third-order valence-corrected chi connectivity index (χ3v) is 6.97. The summed E-state index contributed by atoms with van der Waals surface area (Å²) in [5.74, 6) is 0.808. The van der Waals surface area contributed by atoms with Crippen LogP contribution in [0.15, 0.2) is 88.8 Å². The van der Waals surface area contributed by atoms with Gasteiger partial charge < -0.3 is 10.2 Å². The number of anilines is 2. The topological polar surface area (TPSA) is 58.1 Å². The first-order valence-electron chi connectivity index (χ1n) is 11.3. The molecule has 166 valence electrons. The fourth-order valence-corrected chi connectivity index (χ4v) is 4.96. The van der Waals surface area contributed by atoms with Crippen LogP contribution in [0, 0.1) is 12.8 Å². The Hall–Kier alpha value is -3.38. The van der Waals surface area contributed by atoms with Gasteiger partial charge in [0, 0.05) is 29.1 Å². The van der Waals surface area contributed by atoms with Gasteiger partial charge in [-0.2, -0.15) is 0 Å². The number of aromatic nitrogens is 2. The van der Waals surface area contributed by atoms with E-state index in [0.29, 0.717) is 6.54 Å². The van der Waals surface area contributed by atoms with Crippen LogP contribution in [-0.2, 0) is 4.79 Å². The van der Waals surface area contributed by atoms with E-state index in [4.69, 9.17) is 0 Å². The summed E-state index contributed by atoms with van der Waals surface area (Å²) >= 11 is 1.60. The molecule has 6 heteroatoms. The Morgan fingerprint density at radius 3 is 2.61 bits per heavy atom. The molecule has 1 saturated heterocycles. The Balaban J connectivity index is 1.24. The number of benzene rings is 3. The van der Waals surface area contributed by atoms with E-state index >= 15 is 0 Å². The molecule has 1 unspecified atom stereocenters. The molecule has 1 aliphatic heterocycles. The molecule has 0 spiro atoms. The molecule has 0 bridgehead atoms. The van der Waals surface area contributed by atoms with Crippen molar-refractivity contribution in [3.63, 3.8) is 0 Å². The van der Waals surface area contributed by atoms with Gasteiger partial charge in [-0.3, -0.25) is 4.79 Å². The first-order chi connectivity index (χ1) is 16.2. The van der Waals surface area contributed by atoms with Crippen LogP contribution in [0.3, 0.4) is 0 Å². The van der Waals surface area contributed by atoms with Gasteiger partial charge in [0.2, 0.25) is 5.91 Å². The van der Waals surface area contributed by atoms with E-state index in [1.807, 2.05) is 42.5 Å². The van der Waals surface area contributed by atoms with E-state index < -0.39 is 0 Å². The lowest BCUT2D eigenvalue weighted by Gasteiger charge is -2.32. The molecular weight excluding hydrogens is 428 g/mol. The summed E-state index contributed by atoms with van der Waals surface area (Å²) in [4.78, 5) is 16.4. The van der Waals surface area contributed by atoms with Crippen LogP contribution < -0.4 is 10.2 Å². The van der Waals surface area contributed by atoms with Gasteiger partial charge in [-0.25, -0.2) is 0 Å². The third kappa shape index (κ3) is 5.01. The zero-order valence-corrected chi connectivity index (χ0v) is 19.4. The van der Waals surface area contributed by atoms with Gasteiger partial charge in [0.25, 0.3) is 0 Å². The fraction of sp³-hybridized carbons (Fsp3) is 0.222. The van der Waals surface area contributed by atoms with Crippen LogP contribution in [-0.4, -0.2) is 29.2 Å². The van der Waals surface area contributed by atoms with Gasteiger partial charge in [0.1, 0.15) is 5.03 Å². The van der Waals surface area contributed by atoms with Gasteiger partial charge in [-0.05, 0) is 55.5 Å². The first kappa shape index (κ1) is 21.5. The van der Waals surface area contributed by atoms with Crippen molar-refractivity contribution in [3.05, 3.63) is 84.4 Å². The number of aryl methyl sites for hydroxylation is 1. The number of fused-ring (bicyclic) bond motifs is 1. The van der Waals surface area contributed by atoms with E-state index in [1.165, 1.54) is 5.56 Å². The second-order valence-electron chi connectivity index (χ2n) is 8.45. The molecule has 2 heterocycles. The first-order valence-corrected chi connectivity index (χ1v) is 12.1. The van der Waals surface area contributed by atoms with E-state index in [9.17, 15) is 4.79 Å². The average Bonchev–Trinajstić information content (AvgIpc) is 2.86. The molecule has 33 heavy (non-hydrogen) atoms. The molecule has 1 atom stereocenters. The lowest BCUT2D eigenvalue weighted by Crippen LogP contribution is -2.41. The number of amides is 1. The Labute approximate surface area is 198 Å². The minimum absolute atomic E-state index is 0.0653. The number of carbonyl (C=O) groups is 1. The molecule has 3 aromatic carbocycles. The molecule has 0 saturated carbocycles. The summed E-state index contributed by atoms with van der Waals surface area (Å²) in [7, 11) is 0. The third-order valence-electron chi connectivity index (χ3n) is 6.03. The Morgan fingerprint density at radius 2 is 1.79 bits per heavy atom. The van der Waals surface area contributed by atoms with E-state index in [1.54, 1.807) is 11.8 Å². The van der Waals surface area contributed by atoms with Crippen LogP contribution in [0.5, 0.6) is 0 Å². The monoisotopic (exact) mass is 454 g/mol. The van der Waals surface area contributed by atoms with Gasteiger partial charge >= 0.3 is 0 Å². The van der Waals surface area contributed by atoms with Crippen molar-refractivity contribution in [2.45, 2.75) is 29.7 Å². The summed E-state index contributed by atoms with van der Waals surface area (Å²) in [5, 5.41) is 15.1. The normalized spacial score (nSPS) is 16.0. The minimum atomic E-state index is -0.0823. The molecule has 1 aliphatic rings. The number of carbonyl (C=O) groups excluding carboxylic acids is 1. The van der Waals surface area contributed by atoms with E-state index in [-0.39, 0.29) is 11.8 Å². The van der Waals surface area contributed by atoms with Crippen LogP contribution in [0.1, 0.15) is 18.4 Å². The zero-order valence-electron chi connectivity index (χ0n) is 18.6. The maximum absolute atomic E-state index is 13.1. The molecule has 1 amide bonds. The zero-order chi connectivity index (χ0) is 22.6. The van der Waals surface area contributed by atoms with Crippen LogP contribution in [0.4, 0.5) is 11.5 Å². The van der Waals surface area contributed by atoms with Crippen molar-refractivity contribution in [2.24, 2.45) is 5.92 Å². The van der Waals surface area contributed by atoms with E-state index in [2.05, 4.69) is 63.7 Å². The lowest BCUT2D eigenvalue weighted by atomic mass is 9.96. The smallest absolute Gasteiger partial charge is 0.229 e. The highest BCUT2D eigenvalue weighted by Crippen LogP contribution is 2.29. The standard InChI is InChI=1S/C27H26N4OS/c1-19-11-13-22(14-12-19)33-26-16-15-25(29-30-26)31-17-5-8-21(18-31)27(32)28-24-10-4-7-20-6-2-3-9-23(20)24/h2-4,6-7,9-16,21H,5,8,17-18H2,1H3,(H,28,32). The maximum atomic E-state index is 13.1. The maximum Gasteiger partial charge on any atom is 0.229 e. The molecule has 1 fully saturated rings. The van der Waals surface area contributed by atoms with Gasteiger partial charge in [-0.1, -0.05) is 65.9 Å². The average molecular weight is 455 g/mol. The summed E-state index contributed by atoms with van der Waals surface area (Å²) in [5.41, 5.74) is 2.11. The van der Waals surface area contributed by atoms with Gasteiger partial charge in [0.05, 0.1) is 5.92 Å². The van der Waals surface area contributed by atoms with Crippen LogP contribution in [0.25, 0.3) is 10.8 Å². The highest BCUT2D eigenvalue weighted by atomic mass is 32.2. The summed E-state index contributed by atoms with van der Waals surface area (Å²) < 4.78 is 0. The second kappa shape index (κ2) is 9.63. The predicted octanol–water partition coefficient (Wildman–Crippen LogP) is 5.94. The lowest BCUT2D eigenvalue weighted by molar-refractivity contribution is -0.120. The summed E-state index contributed by atoms with van der Waals surface area (Å²) in [6.45, 7) is 3.62. The number of rotatable bonds is 5. The van der Waals surface area contributed by atoms with Crippen molar-refractivity contribution in [1.82, 2.24) is 10.2 Å². The van der Waals surface area contributed by atoms with E-state index in [0.717, 1.165) is 51.6 Å². The molecule has 0 aliphatic carbocycles. The predicted molar refractivity (Wildman–Crippen MR) is 135 cm³/mol. The SMILES string of the molecule is Cc1ccc(Sc2ccc(N3CCCC(C(=O)Nc4cccc5ccccc45)C3)nn2)cc1. The van der Waals surface area contributed by atoms with Crippen LogP contribution in [0.2, 0.25) is 0 Å². The van der Waals surface area contributed by atoms with Crippen molar-refractivity contribution in [1.29, 1.82) is 0 Å². The molecule has 5 nitrogen and oxygen atoms in total. The highest BCUT2D eigenvalue weighted by molar-refractivity contribution is 7.99. The molecule has 1 aromatic heterocycles. The van der Waals surface area contributed by atoms with Crippen molar-refractivity contribution in [2.75, 3.05) is 23.3 Å². The fourth-order valence-electron chi connectivity index (χ4n) is 4.23. The molecule has 1 N–H and O–H groups in total. The molecule has 5 rings (SSSR count). The van der Waals surface area contributed by atoms with Crippen molar-refractivity contribution < 1.29 is 4.79 Å². The molecular formula is C27H26N4OS. The molecule has 0 radical (unpaired) electrons. The Bertz CT molecular complexity index is 1250. The van der Waals surface area contributed by atoms with Crippen LogP contribution >= 0.6 is 11.8 Å². The Morgan fingerprint density at radius 1 is 0.970 bits per heavy atom.